The third-order valence-corrected chi connectivity index (χ3v) is 2.02. The van der Waals surface area contributed by atoms with E-state index in [2.05, 4.69) is 5.10 Å². The summed E-state index contributed by atoms with van der Waals surface area (Å²) in [6.45, 7) is 4.19. The highest BCUT2D eigenvalue weighted by Gasteiger charge is 2.07. The van der Waals surface area contributed by atoms with Gasteiger partial charge >= 0.3 is 0 Å². The predicted octanol–water partition coefficient (Wildman–Crippen LogP) is 0.572. The number of aliphatic hydroxyl groups excluding tert-OH is 1. The van der Waals surface area contributed by atoms with Crippen LogP contribution >= 0.6 is 0 Å². The molecule has 11 heavy (non-hydrogen) atoms. The molecule has 0 bridgehead atoms. The Balaban J connectivity index is 3.02. The van der Waals surface area contributed by atoms with Gasteiger partial charge in [-0.05, 0) is 25.8 Å². The van der Waals surface area contributed by atoms with E-state index in [1.54, 1.807) is 0 Å². The van der Waals surface area contributed by atoms with Gasteiger partial charge in [-0.25, -0.2) is 0 Å². The Kier molecular flexibility index (Phi) is 2.29. The molecule has 1 N–H and O–H groups in total. The van der Waals surface area contributed by atoms with Gasteiger partial charge < -0.3 is 5.11 Å². The molecule has 0 radical (unpaired) electrons. The van der Waals surface area contributed by atoms with Crippen molar-refractivity contribution in [2.24, 2.45) is 7.05 Å². The summed E-state index contributed by atoms with van der Waals surface area (Å²) in [6, 6.07) is 0. The van der Waals surface area contributed by atoms with Crippen LogP contribution in [0.3, 0.4) is 0 Å². The topological polar surface area (TPSA) is 38.0 Å². The third kappa shape index (κ3) is 1.43. The van der Waals surface area contributed by atoms with E-state index in [9.17, 15) is 0 Å². The summed E-state index contributed by atoms with van der Waals surface area (Å²) in [6.07, 6.45) is 0.714. The molecule has 1 rings (SSSR count). The second kappa shape index (κ2) is 3.05. The standard InChI is InChI=1S/C8H14N2O/c1-6-8(4-5-11)7(2)10(3)9-6/h11H,4-5H2,1-3H3. The van der Waals surface area contributed by atoms with Gasteiger partial charge in [-0.1, -0.05) is 0 Å². The molecule has 1 aromatic rings. The summed E-state index contributed by atoms with van der Waals surface area (Å²) in [4.78, 5) is 0. The molecule has 0 spiro atoms. The number of hydrogen-bond acceptors (Lipinski definition) is 2. The number of nitrogens with zero attached hydrogens (tertiary/aromatic N) is 2. The van der Waals surface area contributed by atoms with Gasteiger partial charge in [-0.15, -0.1) is 0 Å². The summed E-state index contributed by atoms with van der Waals surface area (Å²) in [7, 11) is 1.92. The Labute approximate surface area is 66.7 Å². The lowest BCUT2D eigenvalue weighted by atomic mass is 10.1. The lowest BCUT2D eigenvalue weighted by Crippen LogP contribution is -1.96. The second-order valence-electron chi connectivity index (χ2n) is 2.75. The minimum absolute atomic E-state index is 0.202. The van der Waals surface area contributed by atoms with E-state index in [1.807, 2.05) is 25.6 Å². The molecule has 0 atom stereocenters. The zero-order valence-electron chi connectivity index (χ0n) is 7.26. The Morgan fingerprint density at radius 3 is 2.45 bits per heavy atom. The molecule has 1 heterocycles. The van der Waals surface area contributed by atoms with Crippen LogP contribution in [0.15, 0.2) is 0 Å². The van der Waals surface area contributed by atoms with Crippen molar-refractivity contribution < 1.29 is 5.11 Å². The quantitative estimate of drug-likeness (QED) is 0.676. The molecule has 0 saturated carbocycles. The van der Waals surface area contributed by atoms with Gasteiger partial charge in [0.15, 0.2) is 0 Å². The lowest BCUT2D eigenvalue weighted by molar-refractivity contribution is 0.299. The highest BCUT2D eigenvalue weighted by molar-refractivity contribution is 5.24. The maximum absolute atomic E-state index is 8.74. The maximum Gasteiger partial charge on any atom is 0.0629 e. The summed E-state index contributed by atoms with van der Waals surface area (Å²) in [5, 5.41) is 13.0. The first-order valence-electron chi connectivity index (χ1n) is 3.76. The van der Waals surface area contributed by atoms with Crippen molar-refractivity contribution in [3.63, 3.8) is 0 Å². The Hall–Kier alpha value is -0.830. The highest BCUT2D eigenvalue weighted by atomic mass is 16.2. The molecule has 1 aromatic heterocycles. The first-order chi connectivity index (χ1) is 5.16. The van der Waals surface area contributed by atoms with E-state index in [4.69, 9.17) is 5.11 Å². The molecule has 0 aliphatic rings. The normalized spacial score (nSPS) is 10.5. The summed E-state index contributed by atoms with van der Waals surface area (Å²) in [5.74, 6) is 0. The van der Waals surface area contributed by atoms with E-state index in [0.717, 1.165) is 11.4 Å². The summed E-state index contributed by atoms with van der Waals surface area (Å²) in [5.41, 5.74) is 3.35. The van der Waals surface area contributed by atoms with Crippen molar-refractivity contribution in [1.29, 1.82) is 0 Å². The molecule has 0 saturated heterocycles. The van der Waals surface area contributed by atoms with E-state index >= 15 is 0 Å². The zero-order valence-corrected chi connectivity index (χ0v) is 7.26. The molecular formula is C8H14N2O. The fourth-order valence-electron chi connectivity index (χ4n) is 1.29. The monoisotopic (exact) mass is 154 g/mol. The zero-order chi connectivity index (χ0) is 8.43. The van der Waals surface area contributed by atoms with Crippen LogP contribution in [0, 0.1) is 13.8 Å². The van der Waals surface area contributed by atoms with E-state index in [0.29, 0.717) is 6.42 Å². The van der Waals surface area contributed by atoms with Gasteiger partial charge in [0.25, 0.3) is 0 Å². The molecular weight excluding hydrogens is 140 g/mol. The Morgan fingerprint density at radius 2 is 2.09 bits per heavy atom. The molecule has 0 aromatic carbocycles. The van der Waals surface area contributed by atoms with E-state index in [-0.39, 0.29) is 6.61 Å². The van der Waals surface area contributed by atoms with E-state index in [1.165, 1.54) is 5.56 Å². The first kappa shape index (κ1) is 8.27. The second-order valence-corrected chi connectivity index (χ2v) is 2.75. The fourth-order valence-corrected chi connectivity index (χ4v) is 1.29. The van der Waals surface area contributed by atoms with Crippen LogP contribution in [0.2, 0.25) is 0 Å². The number of aromatic nitrogens is 2. The number of aryl methyl sites for hydroxylation is 2. The molecule has 0 fully saturated rings. The fraction of sp³-hybridized carbons (Fsp3) is 0.625. The minimum atomic E-state index is 0.202. The molecule has 0 unspecified atom stereocenters. The van der Waals surface area contributed by atoms with Crippen molar-refractivity contribution in [3.8, 4) is 0 Å². The van der Waals surface area contributed by atoms with E-state index < -0.39 is 0 Å². The molecule has 3 nitrogen and oxygen atoms in total. The molecule has 3 heteroatoms. The van der Waals surface area contributed by atoms with Crippen molar-refractivity contribution in [2.75, 3.05) is 6.61 Å². The van der Waals surface area contributed by atoms with Crippen LogP contribution in [0.1, 0.15) is 17.0 Å². The van der Waals surface area contributed by atoms with Crippen molar-refractivity contribution in [1.82, 2.24) is 9.78 Å². The minimum Gasteiger partial charge on any atom is -0.396 e. The maximum atomic E-state index is 8.74. The van der Waals surface area contributed by atoms with Gasteiger partial charge in [-0.2, -0.15) is 5.10 Å². The van der Waals surface area contributed by atoms with Crippen LogP contribution in [0.25, 0.3) is 0 Å². The van der Waals surface area contributed by atoms with Crippen molar-refractivity contribution >= 4 is 0 Å². The van der Waals surface area contributed by atoms with Crippen LogP contribution in [-0.2, 0) is 13.5 Å². The van der Waals surface area contributed by atoms with Crippen LogP contribution in [-0.4, -0.2) is 21.5 Å². The Bertz CT molecular complexity index is 253. The smallest absolute Gasteiger partial charge is 0.0629 e. The van der Waals surface area contributed by atoms with Crippen LogP contribution in [0.4, 0.5) is 0 Å². The summed E-state index contributed by atoms with van der Waals surface area (Å²) >= 11 is 0. The van der Waals surface area contributed by atoms with Crippen LogP contribution in [0.5, 0.6) is 0 Å². The highest BCUT2D eigenvalue weighted by Crippen LogP contribution is 2.11. The SMILES string of the molecule is Cc1nn(C)c(C)c1CCO. The van der Waals surface area contributed by atoms with Gasteiger partial charge in [-0.3, -0.25) is 4.68 Å². The van der Waals surface area contributed by atoms with Gasteiger partial charge in [0.1, 0.15) is 0 Å². The van der Waals surface area contributed by atoms with Gasteiger partial charge in [0, 0.05) is 19.3 Å². The average Bonchev–Trinajstić information content (AvgIpc) is 2.17. The lowest BCUT2D eigenvalue weighted by Gasteiger charge is -1.97. The average molecular weight is 154 g/mol. The summed E-state index contributed by atoms with van der Waals surface area (Å²) < 4.78 is 1.85. The van der Waals surface area contributed by atoms with Gasteiger partial charge in [0.05, 0.1) is 5.69 Å². The predicted molar refractivity (Wildman–Crippen MR) is 43.5 cm³/mol. The van der Waals surface area contributed by atoms with Crippen LogP contribution < -0.4 is 0 Å². The molecule has 0 aliphatic heterocycles. The third-order valence-electron chi connectivity index (χ3n) is 2.02. The Morgan fingerprint density at radius 1 is 1.45 bits per heavy atom. The number of rotatable bonds is 2. The number of hydrogen-bond donors (Lipinski definition) is 1. The van der Waals surface area contributed by atoms with Crippen molar-refractivity contribution in [3.05, 3.63) is 17.0 Å². The number of aliphatic hydroxyl groups is 1. The molecule has 0 aliphatic carbocycles. The first-order valence-corrected chi connectivity index (χ1v) is 3.76. The molecule has 0 amide bonds. The largest absolute Gasteiger partial charge is 0.396 e. The molecule has 62 valence electrons. The van der Waals surface area contributed by atoms with Gasteiger partial charge in [0.2, 0.25) is 0 Å². The van der Waals surface area contributed by atoms with Crippen molar-refractivity contribution in [2.45, 2.75) is 20.3 Å².